The van der Waals surface area contributed by atoms with Crippen molar-refractivity contribution in [3.05, 3.63) is 28.8 Å². The van der Waals surface area contributed by atoms with Crippen LogP contribution in [0.4, 0.5) is 0 Å². The molecule has 7 nitrogen and oxygen atoms in total. The first-order chi connectivity index (χ1) is 11.1. The fourth-order valence-electron chi connectivity index (χ4n) is 1.62. The van der Waals surface area contributed by atoms with Crippen LogP contribution in [-0.4, -0.2) is 44.9 Å². The second kappa shape index (κ2) is 10.6. The van der Waals surface area contributed by atoms with E-state index in [1.165, 1.54) is 6.21 Å². The van der Waals surface area contributed by atoms with E-state index in [4.69, 9.17) is 21.1 Å². The lowest BCUT2D eigenvalue weighted by Crippen LogP contribution is -2.38. The lowest BCUT2D eigenvalue weighted by atomic mass is 10.2. The topological polar surface area (TPSA) is 89.0 Å². The molecule has 1 rings (SSSR count). The smallest absolute Gasteiger partial charge is 0.329 e. The molecule has 0 aliphatic heterocycles. The summed E-state index contributed by atoms with van der Waals surface area (Å²) in [6.45, 7) is 3.20. The molecule has 2 amide bonds. The Bertz CT molecular complexity index is 564. The molecule has 0 unspecified atom stereocenters. The summed E-state index contributed by atoms with van der Waals surface area (Å²) in [6, 6.07) is 5.04. The maximum atomic E-state index is 11.5. The number of amides is 2. The summed E-state index contributed by atoms with van der Waals surface area (Å²) in [5.74, 6) is -1.02. The molecule has 1 aromatic carbocycles. The Morgan fingerprint density at radius 2 is 2.13 bits per heavy atom. The van der Waals surface area contributed by atoms with Crippen molar-refractivity contribution in [1.82, 2.24) is 10.7 Å². The van der Waals surface area contributed by atoms with Crippen molar-refractivity contribution in [1.29, 1.82) is 0 Å². The van der Waals surface area contributed by atoms with E-state index in [0.717, 1.165) is 0 Å². The van der Waals surface area contributed by atoms with Gasteiger partial charge < -0.3 is 14.8 Å². The molecule has 0 spiro atoms. The zero-order valence-corrected chi connectivity index (χ0v) is 13.9. The van der Waals surface area contributed by atoms with Crippen LogP contribution in [0.3, 0.4) is 0 Å². The van der Waals surface area contributed by atoms with Crippen LogP contribution in [0.15, 0.2) is 23.3 Å². The molecule has 0 radical (unpaired) electrons. The number of halogens is 1. The minimum absolute atomic E-state index is 0.354. The molecule has 1 aromatic rings. The van der Waals surface area contributed by atoms with Gasteiger partial charge in [0.15, 0.2) is 0 Å². The largest absolute Gasteiger partial charge is 0.493 e. The van der Waals surface area contributed by atoms with Gasteiger partial charge in [0.25, 0.3) is 0 Å². The molecule has 8 heteroatoms. The maximum Gasteiger partial charge on any atom is 0.329 e. The lowest BCUT2D eigenvalue weighted by Gasteiger charge is -2.07. The number of nitrogens with one attached hydrogen (secondary N) is 2. The molecule has 126 valence electrons. The monoisotopic (exact) mass is 341 g/mol. The van der Waals surface area contributed by atoms with E-state index >= 15 is 0 Å². The van der Waals surface area contributed by atoms with Gasteiger partial charge in [-0.25, -0.2) is 5.43 Å². The zero-order chi connectivity index (χ0) is 17.1. The standard InChI is InChI=1S/C15H20ClN3O4/c1-3-23-13-6-5-12(16)9-11(13)10-18-19-15(21)14(20)17-7-4-8-22-2/h5-6,9-10H,3-4,7-8H2,1-2H3,(H,17,20)(H,19,21)/b18-10-. The van der Waals surface area contributed by atoms with Crippen molar-refractivity contribution in [2.24, 2.45) is 5.10 Å². The van der Waals surface area contributed by atoms with Gasteiger partial charge in [-0.2, -0.15) is 5.10 Å². The van der Waals surface area contributed by atoms with Crippen LogP contribution in [0.5, 0.6) is 5.75 Å². The Morgan fingerprint density at radius 3 is 2.83 bits per heavy atom. The Kier molecular flexibility index (Phi) is 8.71. The van der Waals surface area contributed by atoms with Gasteiger partial charge in [-0.05, 0) is 31.5 Å². The van der Waals surface area contributed by atoms with Gasteiger partial charge in [0.1, 0.15) is 5.75 Å². The Morgan fingerprint density at radius 1 is 1.35 bits per heavy atom. The Labute approximate surface area is 140 Å². The van der Waals surface area contributed by atoms with Crippen LogP contribution in [0.1, 0.15) is 18.9 Å². The molecule has 0 saturated carbocycles. The number of rotatable bonds is 8. The fraction of sp³-hybridized carbons (Fsp3) is 0.400. The first-order valence-electron chi connectivity index (χ1n) is 7.11. The molecule has 0 bridgehead atoms. The van der Waals surface area contributed by atoms with Crippen molar-refractivity contribution in [3.8, 4) is 5.75 Å². The molecule has 0 saturated heterocycles. The number of hydrazone groups is 1. The first kappa shape index (κ1) is 18.9. The number of carbonyl (C=O) groups excluding carboxylic acids is 2. The predicted molar refractivity (Wildman–Crippen MR) is 87.9 cm³/mol. The summed E-state index contributed by atoms with van der Waals surface area (Å²) in [5, 5.41) is 6.71. The number of nitrogens with zero attached hydrogens (tertiary/aromatic N) is 1. The predicted octanol–water partition coefficient (Wildman–Crippen LogP) is 1.34. The number of ether oxygens (including phenoxy) is 2. The van der Waals surface area contributed by atoms with E-state index < -0.39 is 11.8 Å². The second-order valence-electron chi connectivity index (χ2n) is 4.42. The zero-order valence-electron chi connectivity index (χ0n) is 13.1. The third-order valence-corrected chi connectivity index (χ3v) is 2.89. The van der Waals surface area contributed by atoms with Gasteiger partial charge in [0, 0.05) is 30.8 Å². The summed E-state index contributed by atoms with van der Waals surface area (Å²) in [5.41, 5.74) is 2.75. The third-order valence-electron chi connectivity index (χ3n) is 2.66. The van der Waals surface area contributed by atoms with Crippen molar-refractivity contribution in [3.63, 3.8) is 0 Å². The van der Waals surface area contributed by atoms with E-state index in [9.17, 15) is 9.59 Å². The van der Waals surface area contributed by atoms with Gasteiger partial charge in [-0.1, -0.05) is 11.6 Å². The average molecular weight is 342 g/mol. The maximum absolute atomic E-state index is 11.5. The molecule has 0 atom stereocenters. The fourth-order valence-corrected chi connectivity index (χ4v) is 1.80. The third kappa shape index (κ3) is 7.12. The van der Waals surface area contributed by atoms with Crippen molar-refractivity contribution in [2.75, 3.05) is 26.9 Å². The number of benzene rings is 1. The van der Waals surface area contributed by atoms with Crippen LogP contribution in [0, 0.1) is 0 Å². The molecule has 0 aromatic heterocycles. The van der Waals surface area contributed by atoms with Gasteiger partial charge in [-0.15, -0.1) is 0 Å². The van der Waals surface area contributed by atoms with Crippen molar-refractivity contribution >= 4 is 29.6 Å². The Hall–Kier alpha value is -2.12. The molecule has 0 aliphatic rings. The van der Waals surface area contributed by atoms with Crippen LogP contribution >= 0.6 is 11.6 Å². The van der Waals surface area contributed by atoms with E-state index in [1.807, 2.05) is 6.92 Å². The van der Waals surface area contributed by atoms with Crippen molar-refractivity contribution in [2.45, 2.75) is 13.3 Å². The quantitative estimate of drug-likeness (QED) is 0.323. The van der Waals surface area contributed by atoms with Crippen LogP contribution < -0.4 is 15.5 Å². The second-order valence-corrected chi connectivity index (χ2v) is 4.85. The molecule has 0 aliphatic carbocycles. The minimum Gasteiger partial charge on any atom is -0.493 e. The number of carbonyl (C=O) groups is 2. The molecular weight excluding hydrogens is 322 g/mol. The van der Waals surface area contributed by atoms with Gasteiger partial charge >= 0.3 is 11.8 Å². The highest BCUT2D eigenvalue weighted by atomic mass is 35.5. The SMILES string of the molecule is CCOc1ccc(Cl)cc1/C=N\NC(=O)C(=O)NCCCOC. The molecular formula is C15H20ClN3O4. The number of methoxy groups -OCH3 is 1. The van der Waals surface area contributed by atoms with E-state index in [0.29, 0.717) is 42.5 Å². The summed E-state index contributed by atoms with van der Waals surface area (Å²) >= 11 is 5.91. The minimum atomic E-state index is -0.848. The molecule has 0 heterocycles. The summed E-state index contributed by atoms with van der Waals surface area (Å²) in [4.78, 5) is 23.0. The molecule has 0 fully saturated rings. The van der Waals surface area contributed by atoms with E-state index in [2.05, 4.69) is 15.8 Å². The van der Waals surface area contributed by atoms with E-state index in [-0.39, 0.29) is 0 Å². The van der Waals surface area contributed by atoms with Crippen LogP contribution in [0.25, 0.3) is 0 Å². The highest BCUT2D eigenvalue weighted by Crippen LogP contribution is 2.21. The first-order valence-corrected chi connectivity index (χ1v) is 7.48. The van der Waals surface area contributed by atoms with Crippen LogP contribution in [0.2, 0.25) is 5.02 Å². The normalized spacial score (nSPS) is 10.6. The van der Waals surface area contributed by atoms with Crippen molar-refractivity contribution < 1.29 is 19.1 Å². The average Bonchev–Trinajstić information content (AvgIpc) is 2.53. The van der Waals surface area contributed by atoms with Crippen LogP contribution in [-0.2, 0) is 14.3 Å². The molecule has 23 heavy (non-hydrogen) atoms. The summed E-state index contributed by atoms with van der Waals surface area (Å²) in [7, 11) is 1.57. The highest BCUT2D eigenvalue weighted by molar-refractivity contribution is 6.35. The van der Waals surface area contributed by atoms with Gasteiger partial charge in [0.05, 0.1) is 12.8 Å². The number of hydrogen-bond donors (Lipinski definition) is 2. The van der Waals surface area contributed by atoms with Gasteiger partial charge in [-0.3, -0.25) is 9.59 Å². The highest BCUT2D eigenvalue weighted by Gasteiger charge is 2.11. The Balaban J connectivity index is 2.53. The number of hydrogen-bond acceptors (Lipinski definition) is 5. The summed E-state index contributed by atoms with van der Waals surface area (Å²) < 4.78 is 10.3. The van der Waals surface area contributed by atoms with Gasteiger partial charge in [0.2, 0.25) is 0 Å². The molecule has 2 N–H and O–H groups in total. The van der Waals surface area contributed by atoms with E-state index in [1.54, 1.807) is 25.3 Å². The lowest BCUT2D eigenvalue weighted by molar-refractivity contribution is -0.139. The summed E-state index contributed by atoms with van der Waals surface area (Å²) in [6.07, 6.45) is 1.99.